The van der Waals surface area contributed by atoms with Gasteiger partial charge in [-0.2, -0.15) is 0 Å². The Kier molecular flexibility index (Phi) is 4.04. The maximum atomic E-state index is 5.81. The Bertz CT molecular complexity index is 615. The van der Waals surface area contributed by atoms with E-state index < -0.39 is 0 Å². The van der Waals surface area contributed by atoms with Crippen molar-refractivity contribution in [2.75, 3.05) is 0 Å². The molecular formula is C16H18N2OS. The molecule has 0 radical (unpaired) electrons. The first-order valence-electron chi connectivity index (χ1n) is 6.40. The summed E-state index contributed by atoms with van der Waals surface area (Å²) >= 11 is 5.01. The molecule has 0 unspecified atom stereocenters. The second kappa shape index (κ2) is 5.59. The van der Waals surface area contributed by atoms with Gasteiger partial charge in [0.25, 0.3) is 0 Å². The summed E-state index contributed by atoms with van der Waals surface area (Å²) in [5.41, 5.74) is 7.74. The number of rotatable bonds is 3. The average Bonchev–Trinajstić information content (AvgIpc) is 2.38. The molecule has 0 fully saturated rings. The number of ether oxygens (including phenoxy) is 1. The fourth-order valence-electron chi connectivity index (χ4n) is 1.81. The van der Waals surface area contributed by atoms with Crippen LogP contribution in [0.2, 0.25) is 0 Å². The van der Waals surface area contributed by atoms with E-state index in [0.717, 1.165) is 5.75 Å². The molecule has 0 saturated carbocycles. The lowest BCUT2D eigenvalue weighted by Gasteiger charge is -2.19. The topological polar surface area (TPSA) is 48.1 Å². The molecule has 0 aliphatic heterocycles. The van der Waals surface area contributed by atoms with Crippen molar-refractivity contribution >= 4 is 17.2 Å². The maximum absolute atomic E-state index is 5.81. The van der Waals surface area contributed by atoms with Gasteiger partial charge >= 0.3 is 0 Å². The van der Waals surface area contributed by atoms with Gasteiger partial charge in [-0.3, -0.25) is 4.98 Å². The number of benzene rings is 1. The van der Waals surface area contributed by atoms with Crippen molar-refractivity contribution in [3.63, 3.8) is 0 Å². The van der Waals surface area contributed by atoms with E-state index in [2.05, 4.69) is 37.9 Å². The second-order valence-electron chi connectivity index (χ2n) is 5.61. The van der Waals surface area contributed by atoms with E-state index in [1.54, 1.807) is 18.5 Å². The van der Waals surface area contributed by atoms with Gasteiger partial charge in [0.2, 0.25) is 0 Å². The standard InChI is InChI=1S/C16H18N2OS/c1-16(2,3)11-4-6-12(7-5-11)19-14-10-18-9-8-13(14)15(17)20/h4-10H,1-3H3,(H2,17,20). The Morgan fingerprint density at radius 1 is 1.15 bits per heavy atom. The van der Waals surface area contributed by atoms with E-state index in [-0.39, 0.29) is 5.41 Å². The lowest BCUT2D eigenvalue weighted by Crippen LogP contribution is -2.11. The van der Waals surface area contributed by atoms with Crippen LogP contribution in [0.1, 0.15) is 31.9 Å². The Morgan fingerprint density at radius 2 is 1.80 bits per heavy atom. The highest BCUT2D eigenvalue weighted by molar-refractivity contribution is 7.80. The summed E-state index contributed by atoms with van der Waals surface area (Å²) in [5, 5.41) is 0. The normalized spacial score (nSPS) is 11.2. The number of hydrogen-bond donors (Lipinski definition) is 1. The van der Waals surface area contributed by atoms with Crippen LogP contribution in [-0.2, 0) is 5.41 Å². The number of nitrogens with two attached hydrogens (primary N) is 1. The Morgan fingerprint density at radius 3 is 2.35 bits per heavy atom. The molecule has 2 rings (SSSR count). The first kappa shape index (κ1) is 14.5. The van der Waals surface area contributed by atoms with Crippen LogP contribution in [0.3, 0.4) is 0 Å². The van der Waals surface area contributed by atoms with E-state index in [1.165, 1.54) is 5.56 Å². The number of pyridine rings is 1. The van der Waals surface area contributed by atoms with Crippen LogP contribution in [0.4, 0.5) is 0 Å². The van der Waals surface area contributed by atoms with Gasteiger partial charge < -0.3 is 10.5 Å². The Labute approximate surface area is 124 Å². The minimum absolute atomic E-state index is 0.122. The van der Waals surface area contributed by atoms with E-state index in [0.29, 0.717) is 16.3 Å². The lowest BCUT2D eigenvalue weighted by atomic mass is 9.87. The van der Waals surface area contributed by atoms with Crippen LogP contribution >= 0.6 is 12.2 Å². The van der Waals surface area contributed by atoms with Crippen molar-refractivity contribution in [1.82, 2.24) is 4.98 Å². The summed E-state index contributed by atoms with van der Waals surface area (Å²) in [6.07, 6.45) is 3.26. The molecule has 0 aliphatic rings. The van der Waals surface area contributed by atoms with Gasteiger partial charge in [0.05, 0.1) is 11.8 Å². The summed E-state index contributed by atoms with van der Waals surface area (Å²) in [5.74, 6) is 1.31. The molecule has 1 aromatic heterocycles. The lowest BCUT2D eigenvalue weighted by molar-refractivity contribution is 0.478. The van der Waals surface area contributed by atoms with E-state index in [4.69, 9.17) is 22.7 Å². The number of nitrogens with zero attached hydrogens (tertiary/aromatic N) is 1. The van der Waals surface area contributed by atoms with Crippen LogP contribution in [0, 0.1) is 0 Å². The average molecular weight is 286 g/mol. The molecule has 0 atom stereocenters. The third kappa shape index (κ3) is 3.33. The number of aromatic nitrogens is 1. The third-order valence-electron chi connectivity index (χ3n) is 3.00. The van der Waals surface area contributed by atoms with E-state index in [9.17, 15) is 0 Å². The Balaban J connectivity index is 2.25. The molecule has 2 N–H and O–H groups in total. The van der Waals surface area contributed by atoms with Crippen LogP contribution in [-0.4, -0.2) is 9.97 Å². The minimum Gasteiger partial charge on any atom is -0.455 e. The van der Waals surface area contributed by atoms with Gasteiger partial charge in [-0.25, -0.2) is 0 Å². The molecule has 0 spiro atoms. The first-order valence-corrected chi connectivity index (χ1v) is 6.81. The van der Waals surface area contributed by atoms with Crippen molar-refractivity contribution in [2.45, 2.75) is 26.2 Å². The molecule has 20 heavy (non-hydrogen) atoms. The second-order valence-corrected chi connectivity index (χ2v) is 6.05. The molecule has 104 valence electrons. The molecule has 2 aromatic rings. The predicted octanol–water partition coefficient (Wildman–Crippen LogP) is 3.81. The summed E-state index contributed by atoms with van der Waals surface area (Å²) in [4.78, 5) is 4.34. The van der Waals surface area contributed by atoms with Crippen molar-refractivity contribution in [3.05, 3.63) is 53.9 Å². The number of thiocarbonyl (C=S) groups is 1. The maximum Gasteiger partial charge on any atom is 0.155 e. The molecule has 4 heteroatoms. The zero-order chi connectivity index (χ0) is 14.8. The highest BCUT2D eigenvalue weighted by Gasteiger charge is 2.13. The van der Waals surface area contributed by atoms with Crippen molar-refractivity contribution in [2.24, 2.45) is 5.73 Å². The number of hydrogen-bond acceptors (Lipinski definition) is 3. The zero-order valence-electron chi connectivity index (χ0n) is 11.9. The van der Waals surface area contributed by atoms with Gasteiger partial charge in [-0.15, -0.1) is 0 Å². The zero-order valence-corrected chi connectivity index (χ0v) is 12.7. The smallest absolute Gasteiger partial charge is 0.155 e. The van der Waals surface area contributed by atoms with Crippen LogP contribution < -0.4 is 10.5 Å². The summed E-state index contributed by atoms with van der Waals surface area (Å²) in [7, 11) is 0. The molecule has 0 aliphatic carbocycles. The van der Waals surface area contributed by atoms with Gasteiger partial charge in [-0.05, 0) is 29.2 Å². The summed E-state index contributed by atoms with van der Waals surface area (Å²) in [6.45, 7) is 6.53. The van der Waals surface area contributed by atoms with E-state index in [1.807, 2.05) is 12.1 Å². The summed E-state index contributed by atoms with van der Waals surface area (Å²) in [6, 6.07) is 9.76. The van der Waals surface area contributed by atoms with Gasteiger partial charge in [0, 0.05) is 6.20 Å². The quantitative estimate of drug-likeness (QED) is 0.872. The highest BCUT2D eigenvalue weighted by Crippen LogP contribution is 2.28. The van der Waals surface area contributed by atoms with Crippen molar-refractivity contribution in [1.29, 1.82) is 0 Å². The van der Waals surface area contributed by atoms with Gasteiger partial charge in [0.15, 0.2) is 5.75 Å². The van der Waals surface area contributed by atoms with Crippen LogP contribution in [0.5, 0.6) is 11.5 Å². The first-order chi connectivity index (χ1) is 9.38. The fraction of sp³-hybridized carbons (Fsp3) is 0.250. The van der Waals surface area contributed by atoms with Gasteiger partial charge in [-0.1, -0.05) is 45.1 Å². The summed E-state index contributed by atoms with van der Waals surface area (Å²) < 4.78 is 5.81. The van der Waals surface area contributed by atoms with Crippen molar-refractivity contribution < 1.29 is 4.74 Å². The van der Waals surface area contributed by atoms with Gasteiger partial charge in [0.1, 0.15) is 10.7 Å². The molecule has 3 nitrogen and oxygen atoms in total. The van der Waals surface area contributed by atoms with Crippen molar-refractivity contribution in [3.8, 4) is 11.5 Å². The SMILES string of the molecule is CC(C)(C)c1ccc(Oc2cnccc2C(N)=S)cc1. The molecule has 0 amide bonds. The third-order valence-corrected chi connectivity index (χ3v) is 3.22. The van der Waals surface area contributed by atoms with E-state index >= 15 is 0 Å². The Hall–Kier alpha value is -1.94. The fourth-order valence-corrected chi connectivity index (χ4v) is 1.98. The molecule has 1 heterocycles. The highest BCUT2D eigenvalue weighted by atomic mass is 32.1. The monoisotopic (exact) mass is 286 g/mol. The van der Waals surface area contributed by atoms with Crippen LogP contribution in [0.15, 0.2) is 42.7 Å². The molecule has 0 bridgehead atoms. The van der Waals surface area contributed by atoms with Crippen LogP contribution in [0.25, 0.3) is 0 Å². The molecule has 0 saturated heterocycles. The minimum atomic E-state index is 0.122. The largest absolute Gasteiger partial charge is 0.455 e. The predicted molar refractivity (Wildman–Crippen MR) is 85.3 cm³/mol. The molecule has 1 aromatic carbocycles. The molecular weight excluding hydrogens is 268 g/mol.